The predicted octanol–water partition coefficient (Wildman–Crippen LogP) is 3.26. The molecule has 0 aliphatic rings. The van der Waals surface area contributed by atoms with Gasteiger partial charge < -0.3 is 15.3 Å². The Labute approximate surface area is 204 Å². The van der Waals surface area contributed by atoms with Gasteiger partial charge in [-0.25, -0.2) is 25.4 Å². The van der Waals surface area contributed by atoms with Crippen LogP contribution in [0.2, 0.25) is 0 Å². The number of carbonyl (C=O) groups excluding carboxylic acids is 2. The maximum absolute atomic E-state index is 13.4. The van der Waals surface area contributed by atoms with Crippen LogP contribution in [0.4, 0.5) is 23.7 Å². The van der Waals surface area contributed by atoms with Gasteiger partial charge in [-0.2, -0.15) is 13.2 Å². The molecule has 194 valence electrons. The first-order chi connectivity index (χ1) is 16.9. The fraction of sp³-hybridized carbons (Fsp3) is 0.304. The fourth-order valence-corrected chi connectivity index (χ4v) is 2.95. The zero-order valence-corrected chi connectivity index (χ0v) is 19.5. The Balaban J connectivity index is 2.45. The molecule has 0 radical (unpaired) electrons. The number of aliphatic carboxylic acids is 1. The number of carboxylic acids is 1. The number of nitrogens with one attached hydrogen (secondary N) is 2. The van der Waals surface area contributed by atoms with Gasteiger partial charge in [0.05, 0.1) is 17.9 Å². The van der Waals surface area contributed by atoms with Crippen molar-refractivity contribution in [1.82, 2.24) is 15.9 Å². The lowest BCUT2D eigenvalue weighted by Crippen LogP contribution is -2.56. The summed E-state index contributed by atoms with van der Waals surface area (Å²) in [6, 6.07) is 8.91. The van der Waals surface area contributed by atoms with Crippen LogP contribution in [0.1, 0.15) is 35.3 Å². The third kappa shape index (κ3) is 8.27. The summed E-state index contributed by atoms with van der Waals surface area (Å²) in [7, 11) is 0. The van der Waals surface area contributed by atoms with Crippen molar-refractivity contribution in [3.63, 3.8) is 0 Å². The summed E-state index contributed by atoms with van der Waals surface area (Å²) in [5.74, 6) is 2.30. The average molecular weight is 509 g/mol. The van der Waals surface area contributed by atoms with Crippen LogP contribution < -0.4 is 16.7 Å². The van der Waals surface area contributed by atoms with E-state index in [9.17, 15) is 32.7 Å². The number of hydrogen-bond donors (Lipinski definition) is 4. The molecule has 2 aromatic rings. The molecule has 0 aliphatic carbocycles. The van der Waals surface area contributed by atoms with Crippen molar-refractivity contribution >= 4 is 30.0 Å². The van der Waals surface area contributed by atoms with Gasteiger partial charge in [0.15, 0.2) is 6.04 Å². The SMILES string of the molecule is CC(C)COC(=O)N(NC(=O)c1cc(N=CNN)cc(C(F)(F)F)c1)[C@@H](Cc1ccccc1)C(=O)O. The number of benzene rings is 2. The highest BCUT2D eigenvalue weighted by Crippen LogP contribution is 2.32. The normalized spacial score (nSPS) is 12.3. The van der Waals surface area contributed by atoms with Crippen molar-refractivity contribution < 1.29 is 37.4 Å². The summed E-state index contributed by atoms with van der Waals surface area (Å²) in [5.41, 5.74) is 2.69. The lowest BCUT2D eigenvalue weighted by molar-refractivity contribution is -0.143. The van der Waals surface area contributed by atoms with Gasteiger partial charge in [-0.15, -0.1) is 0 Å². The predicted molar refractivity (Wildman–Crippen MR) is 124 cm³/mol. The number of alkyl halides is 3. The van der Waals surface area contributed by atoms with Crippen molar-refractivity contribution in [2.24, 2.45) is 16.8 Å². The number of nitrogens with zero attached hydrogens (tertiary/aromatic N) is 2. The van der Waals surface area contributed by atoms with Gasteiger partial charge in [0, 0.05) is 12.0 Å². The van der Waals surface area contributed by atoms with Gasteiger partial charge in [-0.05, 0) is 29.7 Å². The molecule has 5 N–H and O–H groups in total. The largest absolute Gasteiger partial charge is 0.480 e. The van der Waals surface area contributed by atoms with E-state index in [1.165, 1.54) is 0 Å². The van der Waals surface area contributed by atoms with E-state index in [0.717, 1.165) is 12.4 Å². The molecule has 10 nitrogen and oxygen atoms in total. The van der Waals surface area contributed by atoms with Gasteiger partial charge in [0.25, 0.3) is 5.91 Å². The smallest absolute Gasteiger partial charge is 0.429 e. The number of aliphatic imine (C=N–C) groups is 1. The van der Waals surface area contributed by atoms with Crippen LogP contribution in [0.3, 0.4) is 0 Å². The van der Waals surface area contributed by atoms with Crippen LogP contribution in [0.5, 0.6) is 0 Å². The molecule has 0 fully saturated rings. The van der Waals surface area contributed by atoms with E-state index < -0.39 is 41.3 Å². The first-order valence-electron chi connectivity index (χ1n) is 10.7. The van der Waals surface area contributed by atoms with Gasteiger partial charge in [-0.3, -0.25) is 10.2 Å². The topological polar surface area (TPSA) is 146 Å². The molecular formula is C23H26F3N5O5. The number of halogens is 3. The molecular weight excluding hydrogens is 483 g/mol. The molecule has 2 aromatic carbocycles. The van der Waals surface area contributed by atoms with E-state index in [-0.39, 0.29) is 24.6 Å². The van der Waals surface area contributed by atoms with E-state index in [4.69, 9.17) is 10.6 Å². The maximum atomic E-state index is 13.4. The fourth-order valence-electron chi connectivity index (χ4n) is 2.95. The van der Waals surface area contributed by atoms with Crippen molar-refractivity contribution in [3.05, 3.63) is 65.2 Å². The number of rotatable bonds is 9. The first-order valence-corrected chi connectivity index (χ1v) is 10.7. The second-order valence-corrected chi connectivity index (χ2v) is 8.02. The number of hydrogen-bond acceptors (Lipinski definition) is 6. The van der Waals surface area contributed by atoms with Gasteiger partial charge >= 0.3 is 18.2 Å². The Kier molecular flexibility index (Phi) is 9.79. The number of carboxylic acid groups (broad SMARTS) is 1. The van der Waals surface area contributed by atoms with Crippen LogP contribution in [0.25, 0.3) is 0 Å². The van der Waals surface area contributed by atoms with Crippen molar-refractivity contribution in [2.45, 2.75) is 32.5 Å². The standard InChI is InChI=1S/C23H26F3N5O5/c1-14(2)12-36-22(35)31(19(21(33)34)8-15-6-4-3-5-7-15)30-20(32)16-9-17(23(24,25)26)11-18(10-16)28-13-29-27/h3-7,9-11,13-14,19H,8,12,27H2,1-2H3,(H,28,29)(H,30,32)(H,33,34)/t19-/m0/s1. The summed E-state index contributed by atoms with van der Waals surface area (Å²) >= 11 is 0. The lowest BCUT2D eigenvalue weighted by Gasteiger charge is -2.29. The average Bonchev–Trinajstić information content (AvgIpc) is 2.82. The molecule has 2 rings (SSSR count). The Hall–Kier alpha value is -4.13. The van der Waals surface area contributed by atoms with E-state index in [1.54, 1.807) is 44.2 Å². The van der Waals surface area contributed by atoms with Crippen molar-refractivity contribution in [1.29, 1.82) is 0 Å². The minimum absolute atomic E-state index is 0.0859. The van der Waals surface area contributed by atoms with E-state index >= 15 is 0 Å². The monoisotopic (exact) mass is 509 g/mol. The van der Waals surface area contributed by atoms with E-state index in [2.05, 4.69) is 10.4 Å². The lowest BCUT2D eigenvalue weighted by atomic mass is 10.1. The maximum Gasteiger partial charge on any atom is 0.429 e. The molecule has 0 aliphatic heterocycles. The Morgan fingerprint density at radius 3 is 2.39 bits per heavy atom. The molecule has 0 saturated carbocycles. The summed E-state index contributed by atoms with van der Waals surface area (Å²) < 4.78 is 45.3. The summed E-state index contributed by atoms with van der Waals surface area (Å²) in [6.07, 6.45) is -5.30. The molecule has 0 unspecified atom stereocenters. The van der Waals surface area contributed by atoms with Crippen molar-refractivity contribution in [2.75, 3.05) is 6.61 Å². The second-order valence-electron chi connectivity index (χ2n) is 8.02. The molecule has 0 bridgehead atoms. The van der Waals surface area contributed by atoms with Crippen LogP contribution in [-0.2, 0) is 22.1 Å². The molecule has 1 atom stereocenters. The highest BCUT2D eigenvalue weighted by Gasteiger charge is 2.35. The molecule has 36 heavy (non-hydrogen) atoms. The summed E-state index contributed by atoms with van der Waals surface area (Å²) in [6.45, 7) is 3.41. The zero-order valence-electron chi connectivity index (χ0n) is 19.5. The van der Waals surface area contributed by atoms with Crippen LogP contribution in [0.15, 0.2) is 53.5 Å². The van der Waals surface area contributed by atoms with Gasteiger partial charge in [0.2, 0.25) is 0 Å². The van der Waals surface area contributed by atoms with Crippen LogP contribution in [0, 0.1) is 5.92 Å². The molecule has 0 aromatic heterocycles. The highest BCUT2D eigenvalue weighted by molar-refractivity contribution is 5.96. The molecule has 13 heteroatoms. The third-order valence-corrected chi connectivity index (χ3v) is 4.62. The number of nitrogens with two attached hydrogens (primary N) is 1. The number of ether oxygens (including phenoxy) is 1. The molecule has 0 heterocycles. The Bertz CT molecular complexity index is 1090. The van der Waals surface area contributed by atoms with E-state index in [0.29, 0.717) is 22.7 Å². The minimum Gasteiger partial charge on any atom is -0.480 e. The minimum atomic E-state index is -4.82. The Morgan fingerprint density at radius 2 is 1.83 bits per heavy atom. The highest BCUT2D eigenvalue weighted by atomic mass is 19.4. The summed E-state index contributed by atoms with van der Waals surface area (Å²) in [5, 5.41) is 10.3. The third-order valence-electron chi connectivity index (χ3n) is 4.62. The molecule has 2 amide bonds. The van der Waals surface area contributed by atoms with Crippen molar-refractivity contribution in [3.8, 4) is 0 Å². The number of carbonyl (C=O) groups is 3. The number of hydrazine groups is 2. The van der Waals surface area contributed by atoms with Crippen LogP contribution in [-0.4, -0.2) is 47.1 Å². The molecule has 0 spiro atoms. The first kappa shape index (κ1) is 28.1. The van der Waals surface area contributed by atoms with Crippen LogP contribution >= 0.6 is 0 Å². The molecule has 0 saturated heterocycles. The van der Waals surface area contributed by atoms with E-state index in [1.807, 2.05) is 5.43 Å². The number of amides is 2. The zero-order chi connectivity index (χ0) is 26.9. The summed E-state index contributed by atoms with van der Waals surface area (Å²) in [4.78, 5) is 41.5. The quantitative estimate of drug-likeness (QED) is 0.176. The second kappa shape index (κ2) is 12.5. The van der Waals surface area contributed by atoms with Gasteiger partial charge in [0.1, 0.15) is 6.34 Å². The van der Waals surface area contributed by atoms with Gasteiger partial charge in [-0.1, -0.05) is 44.2 Å². The Morgan fingerprint density at radius 1 is 1.17 bits per heavy atom.